The van der Waals surface area contributed by atoms with Gasteiger partial charge in [0.05, 0.1) is 52.9 Å². The summed E-state index contributed by atoms with van der Waals surface area (Å²) < 4.78 is 49.4. The number of carboxylic acids is 1. The topological polar surface area (TPSA) is 244 Å². The number of allylic oxidation sites excluding steroid dienone is 1. The standard InChI is InChI=1S/C28H27ClF3N3O4.C21H23ClN2O5.C6H12ClN.C6H8N2/c1-27(2,3)26(38)34-15-16-5-7-22(29)20(11-16)25(37)35-18-6-8-24(39-4)21(13-18)23(36)14-19-12-17(9-10-33-19)28(30,31)32;1-21(2,3)20(28)23-11-12-5-7-16(22)14(9-12)18(25)24-13-6-8-17(29-4)15(10-13)19(26)27;1-5(2)6(7)8(3)4;1-5-2-3-8-6(7)4-5/h5-13H,14-15H2,1-4H3,(H,34,38)(H,35,37);5-10H,11H2,1-4H3,(H,23,28)(H,24,25)(H,26,27);1-4H3;2-4H,1H3,(H2,7,8). The number of ether oxygens (including phenoxy) is 2. The van der Waals surface area contributed by atoms with Crippen LogP contribution in [0.2, 0.25) is 10.0 Å². The molecule has 4 amide bonds. The molecule has 6 rings (SSSR count). The van der Waals surface area contributed by atoms with E-state index in [1.165, 1.54) is 50.6 Å². The molecule has 0 saturated carbocycles. The van der Waals surface area contributed by atoms with E-state index in [0.29, 0.717) is 16.9 Å². The Kier molecular flexibility index (Phi) is 26.2. The number of amides is 4. The molecule has 0 atom stereocenters. The molecule has 2 heterocycles. The number of anilines is 3. The van der Waals surface area contributed by atoms with Crippen molar-refractivity contribution < 1.29 is 56.5 Å². The van der Waals surface area contributed by atoms with E-state index in [-0.39, 0.29) is 85.8 Å². The lowest BCUT2D eigenvalue weighted by molar-refractivity contribution is -0.137. The number of nitrogens with zero attached hydrogens (tertiary/aromatic N) is 3. The van der Waals surface area contributed by atoms with E-state index in [2.05, 4.69) is 31.2 Å². The van der Waals surface area contributed by atoms with Crippen LogP contribution < -0.4 is 36.5 Å². The number of pyridine rings is 2. The van der Waals surface area contributed by atoms with Gasteiger partial charge in [-0.15, -0.1) is 0 Å². The lowest BCUT2D eigenvalue weighted by Crippen LogP contribution is -2.34. The molecule has 0 fully saturated rings. The number of ketones is 1. The van der Waals surface area contributed by atoms with E-state index in [0.717, 1.165) is 34.6 Å². The average Bonchev–Trinajstić information content (AvgIpc) is 3.44. The van der Waals surface area contributed by atoms with E-state index in [1.54, 1.807) is 63.4 Å². The minimum atomic E-state index is -4.57. The van der Waals surface area contributed by atoms with E-state index in [9.17, 15) is 47.0 Å². The number of carboxylic acid groups (broad SMARTS) is 1. The first-order valence-corrected chi connectivity index (χ1v) is 26.8. The molecule has 23 heteroatoms. The number of rotatable bonds is 15. The summed E-state index contributed by atoms with van der Waals surface area (Å²) in [6, 6.07) is 23.7. The fourth-order valence-electron chi connectivity index (χ4n) is 6.98. The van der Waals surface area contributed by atoms with Gasteiger partial charge in [0.1, 0.15) is 28.0 Å². The maximum absolute atomic E-state index is 13.0. The molecule has 0 saturated heterocycles. The lowest BCUT2D eigenvalue weighted by atomic mass is 9.95. The molecule has 84 heavy (non-hydrogen) atoms. The van der Waals surface area contributed by atoms with Crippen LogP contribution in [0.5, 0.6) is 11.5 Å². The fourth-order valence-corrected chi connectivity index (χ4v) is 7.39. The van der Waals surface area contributed by atoms with E-state index >= 15 is 0 Å². The number of alkyl halides is 3. The van der Waals surface area contributed by atoms with Crippen molar-refractivity contribution in [1.29, 1.82) is 0 Å². The number of aryl methyl sites for hydroxylation is 1. The van der Waals surface area contributed by atoms with Crippen molar-refractivity contribution >= 4 is 87.4 Å². The summed E-state index contributed by atoms with van der Waals surface area (Å²) >= 11 is 18.2. The number of carbonyl (C=O) groups excluding carboxylic acids is 5. The molecule has 0 unspecified atom stereocenters. The van der Waals surface area contributed by atoms with Crippen LogP contribution in [0.3, 0.4) is 0 Å². The first-order chi connectivity index (χ1) is 39.0. The third-order valence-corrected chi connectivity index (χ3v) is 12.9. The fraction of sp³-hybridized carbons (Fsp3) is 0.311. The smallest absolute Gasteiger partial charge is 0.416 e. The zero-order chi connectivity index (χ0) is 63.4. The Morgan fingerprint density at radius 3 is 1.45 bits per heavy atom. The Labute approximate surface area is 502 Å². The number of nitrogen functional groups attached to an aromatic ring is 1. The van der Waals surface area contributed by atoms with Crippen molar-refractivity contribution in [2.75, 3.05) is 44.7 Å². The van der Waals surface area contributed by atoms with Crippen molar-refractivity contribution in [2.45, 2.75) is 88.0 Å². The third-order valence-electron chi connectivity index (χ3n) is 11.5. The summed E-state index contributed by atoms with van der Waals surface area (Å²) in [5.41, 5.74) is 7.80. The van der Waals surface area contributed by atoms with Crippen LogP contribution in [-0.4, -0.2) is 83.7 Å². The van der Waals surface area contributed by atoms with Crippen molar-refractivity contribution in [1.82, 2.24) is 25.5 Å². The van der Waals surface area contributed by atoms with Crippen molar-refractivity contribution in [3.05, 3.63) is 180 Å². The third kappa shape index (κ3) is 22.5. The Hall–Kier alpha value is -8.20. The SMILES string of the molecule is CC(C)=C(Cl)N(C)C.COc1ccc(NC(=O)c2cc(CNC(=O)C(C)(C)C)ccc2Cl)cc1C(=O)Cc1cc(C(F)(F)F)ccn1.COc1ccc(NC(=O)c2cc(CNC(=O)C(C)(C)C)ccc2Cl)cc1C(=O)O.Cc1ccnc(N)c1. The predicted molar refractivity (Wildman–Crippen MR) is 323 cm³/mol. The highest BCUT2D eigenvalue weighted by Gasteiger charge is 2.31. The first-order valence-electron chi connectivity index (χ1n) is 25.6. The molecule has 2 aromatic heterocycles. The van der Waals surface area contributed by atoms with E-state index < -0.39 is 52.6 Å². The number of nitrogens with one attached hydrogen (secondary N) is 4. The Bertz CT molecular complexity index is 3340. The van der Waals surface area contributed by atoms with Gasteiger partial charge in [0.15, 0.2) is 5.78 Å². The van der Waals surface area contributed by atoms with Crippen molar-refractivity contribution in [2.24, 2.45) is 10.8 Å². The molecule has 6 aromatic rings. The van der Waals surface area contributed by atoms with Crippen LogP contribution in [0.15, 0.2) is 120 Å². The summed E-state index contributed by atoms with van der Waals surface area (Å²) in [5.74, 6) is -2.10. The van der Waals surface area contributed by atoms with Crippen LogP contribution >= 0.6 is 34.8 Å². The van der Waals surface area contributed by atoms with Crippen LogP contribution in [0.4, 0.5) is 30.4 Å². The second-order valence-corrected chi connectivity index (χ2v) is 22.3. The van der Waals surface area contributed by atoms with Gasteiger partial charge in [-0.2, -0.15) is 13.2 Å². The number of nitrogens with two attached hydrogens (primary N) is 1. The molecule has 450 valence electrons. The molecule has 0 spiro atoms. The van der Waals surface area contributed by atoms with Gasteiger partial charge >= 0.3 is 12.1 Å². The van der Waals surface area contributed by atoms with Gasteiger partial charge in [-0.25, -0.2) is 9.78 Å². The van der Waals surface area contributed by atoms with Crippen molar-refractivity contribution in [3.8, 4) is 11.5 Å². The largest absolute Gasteiger partial charge is 0.496 e. The quantitative estimate of drug-likeness (QED) is 0.0414. The predicted octanol–water partition coefficient (Wildman–Crippen LogP) is 13.1. The highest BCUT2D eigenvalue weighted by molar-refractivity contribution is 6.35. The summed E-state index contributed by atoms with van der Waals surface area (Å²) in [5, 5.41) is 21.4. The monoisotopic (exact) mass is 1220 g/mol. The van der Waals surface area contributed by atoms with Gasteiger partial charge in [-0.3, -0.25) is 29.0 Å². The summed E-state index contributed by atoms with van der Waals surface area (Å²) in [7, 11) is 6.56. The summed E-state index contributed by atoms with van der Waals surface area (Å²) in [6.45, 7) is 17.2. The number of hydrogen-bond donors (Lipinski definition) is 6. The molecule has 0 bridgehead atoms. The lowest BCUT2D eigenvalue weighted by Gasteiger charge is -2.18. The average molecular weight is 1220 g/mol. The number of Topliss-reactive ketones (excluding diaryl/α,β-unsaturated/α-hetero) is 1. The zero-order valence-electron chi connectivity index (χ0n) is 48.9. The molecule has 0 aliphatic rings. The Morgan fingerprint density at radius 1 is 0.631 bits per heavy atom. The van der Waals surface area contributed by atoms with Crippen LogP contribution in [0.25, 0.3) is 0 Å². The van der Waals surface area contributed by atoms with Gasteiger partial charge in [0.2, 0.25) is 11.8 Å². The maximum Gasteiger partial charge on any atom is 0.416 e. The molecule has 17 nitrogen and oxygen atoms in total. The van der Waals surface area contributed by atoms with Crippen LogP contribution in [0, 0.1) is 17.8 Å². The number of methoxy groups -OCH3 is 2. The van der Waals surface area contributed by atoms with Gasteiger partial charge in [0.25, 0.3) is 11.8 Å². The minimum absolute atomic E-state index is 0.0549. The number of benzene rings is 4. The molecular formula is C61H70Cl3F3N8O9. The Balaban J connectivity index is 0.000000356. The highest BCUT2D eigenvalue weighted by Crippen LogP contribution is 2.31. The number of carbonyl (C=O) groups is 6. The molecule has 0 aliphatic heterocycles. The van der Waals surface area contributed by atoms with Gasteiger partial charge < -0.3 is 46.5 Å². The maximum atomic E-state index is 13.0. The highest BCUT2D eigenvalue weighted by atomic mass is 35.5. The van der Waals surface area contributed by atoms with Crippen LogP contribution in [0.1, 0.15) is 125 Å². The van der Waals surface area contributed by atoms with Gasteiger partial charge in [-0.1, -0.05) is 88.5 Å². The van der Waals surface area contributed by atoms with Crippen LogP contribution in [-0.2, 0) is 35.3 Å². The number of aromatic nitrogens is 2. The molecule has 4 aromatic carbocycles. The molecule has 7 N–H and O–H groups in total. The molecular weight excluding hydrogens is 1150 g/mol. The number of halogens is 6. The first kappa shape index (κ1) is 70.1. The normalized spacial score (nSPS) is 10.8. The second kappa shape index (κ2) is 31.5. The summed E-state index contributed by atoms with van der Waals surface area (Å²) in [4.78, 5) is 83.8. The van der Waals surface area contributed by atoms with E-state index in [4.69, 9.17) is 50.0 Å². The summed E-state index contributed by atoms with van der Waals surface area (Å²) in [6.07, 6.45) is -2.29. The number of aromatic carboxylic acids is 1. The van der Waals surface area contributed by atoms with Gasteiger partial charge in [-0.05, 0) is 128 Å². The number of hydrogen-bond acceptors (Lipinski definition) is 12. The molecule has 0 radical (unpaired) electrons. The molecule has 0 aliphatic carbocycles. The second-order valence-electron chi connectivity index (χ2n) is 21.1. The van der Waals surface area contributed by atoms with Crippen molar-refractivity contribution in [3.63, 3.8) is 0 Å². The van der Waals surface area contributed by atoms with Gasteiger partial charge in [0, 0.05) is 67.5 Å². The zero-order valence-corrected chi connectivity index (χ0v) is 51.2. The Morgan fingerprint density at radius 2 is 1.08 bits per heavy atom. The van der Waals surface area contributed by atoms with E-state index in [1.807, 2.05) is 72.7 Å². The minimum Gasteiger partial charge on any atom is -0.496 e.